The topological polar surface area (TPSA) is 86.3 Å². The van der Waals surface area contributed by atoms with Crippen LogP contribution < -0.4 is 16.5 Å². The fraction of sp³-hybridized carbons (Fsp3) is 0.273. The van der Waals surface area contributed by atoms with Crippen molar-refractivity contribution in [2.24, 2.45) is 0 Å². The number of nitrogens with zero attached hydrogens (tertiary/aromatic N) is 1. The van der Waals surface area contributed by atoms with E-state index in [1.807, 2.05) is 6.92 Å². The monoisotopic (exact) mass is 449 g/mol. The van der Waals surface area contributed by atoms with Crippen LogP contribution in [0.5, 0.6) is 0 Å². The van der Waals surface area contributed by atoms with E-state index >= 15 is 0 Å². The molecule has 0 bridgehead atoms. The molecule has 1 heterocycles. The van der Waals surface area contributed by atoms with E-state index in [0.29, 0.717) is 17.7 Å². The number of anilines is 2. The molecule has 3 rings (SSSR count). The van der Waals surface area contributed by atoms with Gasteiger partial charge in [-0.25, -0.2) is 13.6 Å². The van der Waals surface area contributed by atoms with Crippen LogP contribution in [0.1, 0.15) is 35.3 Å². The number of pyridine rings is 1. The molecule has 0 unspecified atom stereocenters. The molecule has 0 atom stereocenters. The number of halogens is 3. The van der Waals surface area contributed by atoms with Gasteiger partial charge in [0, 0.05) is 18.8 Å². The van der Waals surface area contributed by atoms with E-state index in [1.54, 1.807) is 6.92 Å². The predicted molar refractivity (Wildman–Crippen MR) is 119 cm³/mol. The molecule has 0 saturated heterocycles. The van der Waals surface area contributed by atoms with Gasteiger partial charge in [0.25, 0.3) is 0 Å². The number of nitrogen functional groups attached to an aromatic ring is 1. The maximum absolute atomic E-state index is 15.0. The van der Waals surface area contributed by atoms with Gasteiger partial charge < -0.3 is 20.4 Å². The smallest absolute Gasteiger partial charge is 0.343 e. The summed E-state index contributed by atoms with van der Waals surface area (Å²) in [6.45, 7) is 4.90. The normalized spacial score (nSPS) is 11.1. The summed E-state index contributed by atoms with van der Waals surface area (Å²) in [5.74, 6) is -2.16. The lowest BCUT2D eigenvalue weighted by atomic mass is 10.0. The molecular formula is C22H22ClF2N3O3. The largest absolute Gasteiger partial charge is 0.462 e. The number of benzene rings is 2. The van der Waals surface area contributed by atoms with Crippen molar-refractivity contribution in [2.75, 3.05) is 24.7 Å². The van der Waals surface area contributed by atoms with Crippen LogP contribution in [0, 0.1) is 18.6 Å². The number of rotatable bonds is 5. The van der Waals surface area contributed by atoms with Gasteiger partial charge in [0.1, 0.15) is 11.4 Å². The summed E-state index contributed by atoms with van der Waals surface area (Å²) in [5, 5.41) is 2.57. The van der Waals surface area contributed by atoms with Crippen molar-refractivity contribution in [1.29, 1.82) is 0 Å². The van der Waals surface area contributed by atoms with Crippen molar-refractivity contribution in [3.63, 3.8) is 0 Å². The minimum absolute atomic E-state index is 0.00293. The summed E-state index contributed by atoms with van der Waals surface area (Å²) < 4.78 is 35.6. The molecular weight excluding hydrogens is 428 g/mol. The molecule has 164 valence electrons. The number of nitrogens with two attached hydrogens (primary N) is 1. The standard InChI is InChI=1S/C22H22ClF2N3O3/c1-5-11-7-13(24)14(26)8-15(11)28-9-12(22(30)31-6-2)21(29)16-10(3)18(25)19(27-4)17(23)20(16)28/h7-9,27H,5-6,26H2,1-4H3. The van der Waals surface area contributed by atoms with E-state index in [0.717, 1.165) is 0 Å². The van der Waals surface area contributed by atoms with Gasteiger partial charge >= 0.3 is 5.97 Å². The van der Waals surface area contributed by atoms with Gasteiger partial charge in [-0.2, -0.15) is 0 Å². The average Bonchev–Trinajstić information content (AvgIpc) is 2.74. The maximum atomic E-state index is 15.0. The van der Waals surface area contributed by atoms with E-state index < -0.39 is 23.0 Å². The molecule has 0 aliphatic carbocycles. The Morgan fingerprint density at radius 1 is 1.29 bits per heavy atom. The highest BCUT2D eigenvalue weighted by Gasteiger charge is 2.25. The van der Waals surface area contributed by atoms with Crippen LogP contribution in [0.3, 0.4) is 0 Å². The van der Waals surface area contributed by atoms with Gasteiger partial charge in [-0.05, 0) is 38.0 Å². The number of hydrogen-bond acceptors (Lipinski definition) is 5. The quantitative estimate of drug-likeness (QED) is 0.439. The second-order valence-corrected chi connectivity index (χ2v) is 7.30. The first kappa shape index (κ1) is 22.6. The van der Waals surface area contributed by atoms with Crippen LogP contribution in [-0.4, -0.2) is 24.2 Å². The highest BCUT2D eigenvalue weighted by Crippen LogP contribution is 2.37. The number of ether oxygens (including phenoxy) is 1. The lowest BCUT2D eigenvalue weighted by molar-refractivity contribution is 0.0524. The Morgan fingerprint density at radius 2 is 1.97 bits per heavy atom. The fourth-order valence-electron chi connectivity index (χ4n) is 3.58. The zero-order valence-corrected chi connectivity index (χ0v) is 18.3. The first-order chi connectivity index (χ1) is 14.7. The second kappa shape index (κ2) is 8.55. The third-order valence-corrected chi connectivity index (χ3v) is 5.51. The van der Waals surface area contributed by atoms with Gasteiger partial charge in [-0.3, -0.25) is 4.79 Å². The van der Waals surface area contributed by atoms with E-state index in [1.165, 1.54) is 36.9 Å². The molecule has 0 aliphatic rings. The van der Waals surface area contributed by atoms with Crippen molar-refractivity contribution >= 4 is 39.8 Å². The van der Waals surface area contributed by atoms with Crippen LogP contribution in [0.15, 0.2) is 23.1 Å². The van der Waals surface area contributed by atoms with Crippen molar-refractivity contribution in [1.82, 2.24) is 4.57 Å². The molecule has 0 spiro atoms. The number of aromatic nitrogens is 1. The first-order valence-electron chi connectivity index (χ1n) is 9.67. The number of fused-ring (bicyclic) bond motifs is 1. The van der Waals surface area contributed by atoms with Crippen LogP contribution >= 0.6 is 11.6 Å². The number of hydrogen-bond donors (Lipinski definition) is 2. The van der Waals surface area contributed by atoms with Crippen LogP contribution in [0.25, 0.3) is 16.6 Å². The summed E-state index contributed by atoms with van der Waals surface area (Å²) >= 11 is 6.52. The minimum atomic E-state index is -0.857. The molecule has 6 nitrogen and oxygen atoms in total. The van der Waals surface area contributed by atoms with E-state index in [4.69, 9.17) is 22.1 Å². The summed E-state index contributed by atoms with van der Waals surface area (Å²) in [7, 11) is 1.50. The molecule has 0 aliphatic heterocycles. The molecule has 1 aromatic heterocycles. The maximum Gasteiger partial charge on any atom is 0.343 e. The number of carbonyl (C=O) groups excluding carboxylic acids is 1. The van der Waals surface area contributed by atoms with E-state index in [-0.39, 0.29) is 45.0 Å². The molecule has 0 fully saturated rings. The highest BCUT2D eigenvalue weighted by molar-refractivity contribution is 6.38. The fourth-order valence-corrected chi connectivity index (χ4v) is 3.94. The molecule has 2 aromatic carbocycles. The van der Waals surface area contributed by atoms with Gasteiger partial charge in [0.15, 0.2) is 5.82 Å². The SMILES string of the molecule is CCOC(=O)c1cn(-c2cc(N)c(F)cc2CC)c2c(Cl)c(NC)c(F)c(C)c2c1=O. The number of carbonyl (C=O) groups is 1. The van der Waals surface area contributed by atoms with Gasteiger partial charge in [-0.15, -0.1) is 0 Å². The summed E-state index contributed by atoms with van der Waals surface area (Å²) in [5.41, 5.74) is 5.82. The Kier molecular flexibility index (Phi) is 6.22. The van der Waals surface area contributed by atoms with E-state index in [2.05, 4.69) is 5.32 Å². The van der Waals surface area contributed by atoms with Crippen molar-refractivity contribution in [2.45, 2.75) is 27.2 Å². The molecule has 0 amide bonds. The van der Waals surface area contributed by atoms with Crippen LogP contribution in [0.2, 0.25) is 5.02 Å². The van der Waals surface area contributed by atoms with Crippen molar-refractivity contribution in [3.8, 4) is 5.69 Å². The summed E-state index contributed by atoms with van der Waals surface area (Å²) in [6, 6.07) is 2.67. The zero-order valence-electron chi connectivity index (χ0n) is 17.5. The Labute approximate surface area is 182 Å². The number of aryl methyl sites for hydroxylation is 2. The molecule has 31 heavy (non-hydrogen) atoms. The first-order valence-corrected chi connectivity index (χ1v) is 10.1. The van der Waals surface area contributed by atoms with Crippen LogP contribution in [-0.2, 0) is 11.2 Å². The Bertz CT molecular complexity index is 1270. The molecule has 3 N–H and O–H groups in total. The molecule has 9 heteroatoms. The molecule has 0 saturated carbocycles. The predicted octanol–water partition coefficient (Wildman–Crippen LogP) is 4.59. The average molecular weight is 450 g/mol. The summed E-state index contributed by atoms with van der Waals surface area (Å²) in [6.07, 6.45) is 1.70. The summed E-state index contributed by atoms with van der Waals surface area (Å²) in [4.78, 5) is 25.7. The Hall–Kier alpha value is -3.13. The van der Waals surface area contributed by atoms with Crippen molar-refractivity contribution in [3.05, 3.63) is 61.9 Å². The third kappa shape index (κ3) is 3.61. The van der Waals surface area contributed by atoms with Gasteiger partial charge in [-0.1, -0.05) is 18.5 Å². The molecule has 0 radical (unpaired) electrons. The minimum Gasteiger partial charge on any atom is -0.462 e. The van der Waals surface area contributed by atoms with Crippen molar-refractivity contribution < 1.29 is 18.3 Å². The lowest BCUT2D eigenvalue weighted by Gasteiger charge is -2.21. The number of esters is 1. The second-order valence-electron chi connectivity index (χ2n) is 6.92. The highest BCUT2D eigenvalue weighted by atomic mass is 35.5. The lowest BCUT2D eigenvalue weighted by Crippen LogP contribution is -2.22. The van der Waals surface area contributed by atoms with E-state index in [9.17, 15) is 18.4 Å². The number of nitrogens with one attached hydrogen (secondary N) is 1. The molecule has 3 aromatic rings. The Morgan fingerprint density at radius 3 is 2.55 bits per heavy atom. The van der Waals surface area contributed by atoms with Crippen LogP contribution in [0.4, 0.5) is 20.2 Å². The van der Waals surface area contributed by atoms with Gasteiger partial charge in [0.2, 0.25) is 5.43 Å². The van der Waals surface area contributed by atoms with Gasteiger partial charge in [0.05, 0.1) is 39.6 Å². The Balaban J connectivity index is 2.61. The third-order valence-electron chi connectivity index (χ3n) is 5.14. The zero-order chi connectivity index (χ0) is 23.0.